The van der Waals surface area contributed by atoms with Crippen molar-refractivity contribution in [3.05, 3.63) is 53.8 Å². The number of ether oxygens (including phenoxy) is 2. The van der Waals surface area contributed by atoms with E-state index in [1.807, 2.05) is 18.0 Å². The molecule has 0 atom stereocenters. The van der Waals surface area contributed by atoms with E-state index in [4.69, 9.17) is 9.47 Å². The molecule has 1 aliphatic heterocycles. The van der Waals surface area contributed by atoms with Crippen LogP contribution in [0.2, 0.25) is 0 Å². The highest BCUT2D eigenvalue weighted by atomic mass is 19.1. The fourth-order valence-electron chi connectivity index (χ4n) is 2.57. The normalized spacial score (nSPS) is 13.0. The maximum absolute atomic E-state index is 13.2. The average Bonchev–Trinajstić information content (AvgIpc) is 2.54. The summed E-state index contributed by atoms with van der Waals surface area (Å²) in [5.74, 6) is 0.891. The number of likely N-dealkylation sites (N-methyl/N-ethyl adjacent to an activating group) is 1. The maximum atomic E-state index is 13.2. The van der Waals surface area contributed by atoms with Crippen LogP contribution in [0.3, 0.4) is 0 Å². The summed E-state index contributed by atoms with van der Waals surface area (Å²) < 4.78 is 24.1. The molecular weight excluding hydrogens is 311 g/mol. The lowest BCUT2D eigenvalue weighted by molar-refractivity contribution is -0.117. The lowest BCUT2D eigenvalue weighted by Gasteiger charge is -2.20. The van der Waals surface area contributed by atoms with Gasteiger partial charge in [0.25, 0.3) is 0 Å². The van der Waals surface area contributed by atoms with Crippen molar-refractivity contribution >= 4 is 11.6 Å². The summed E-state index contributed by atoms with van der Waals surface area (Å²) in [6, 6.07) is 11.7. The lowest BCUT2D eigenvalue weighted by Crippen LogP contribution is -2.29. The molecule has 0 aromatic heterocycles. The molecule has 0 unspecified atom stereocenters. The van der Waals surface area contributed by atoms with Crippen LogP contribution >= 0.6 is 0 Å². The van der Waals surface area contributed by atoms with Crippen LogP contribution in [0, 0.1) is 5.82 Å². The summed E-state index contributed by atoms with van der Waals surface area (Å²) in [7, 11) is 1.81. The number of nitrogens with zero attached hydrogens (tertiary/aromatic N) is 1. The molecule has 24 heavy (non-hydrogen) atoms. The van der Waals surface area contributed by atoms with Crippen LogP contribution in [0.25, 0.3) is 0 Å². The van der Waals surface area contributed by atoms with Gasteiger partial charge in [0.05, 0.1) is 6.54 Å². The molecule has 2 aromatic carbocycles. The molecule has 126 valence electrons. The number of rotatable bonds is 5. The van der Waals surface area contributed by atoms with E-state index >= 15 is 0 Å². The Balaban J connectivity index is 1.55. The molecule has 0 bridgehead atoms. The number of anilines is 1. The van der Waals surface area contributed by atoms with Crippen LogP contribution in [0.1, 0.15) is 5.56 Å². The molecule has 0 fully saturated rings. The van der Waals surface area contributed by atoms with Crippen LogP contribution in [0.5, 0.6) is 11.5 Å². The molecule has 0 saturated carbocycles. The Morgan fingerprint density at radius 1 is 1.17 bits per heavy atom. The molecule has 1 heterocycles. The number of nitrogens with one attached hydrogen (secondary N) is 1. The largest absolute Gasteiger partial charge is 0.486 e. The average molecular weight is 330 g/mol. The van der Waals surface area contributed by atoms with E-state index in [1.165, 1.54) is 12.1 Å². The van der Waals surface area contributed by atoms with Gasteiger partial charge in [-0.05, 0) is 36.9 Å². The van der Waals surface area contributed by atoms with Crippen molar-refractivity contribution < 1.29 is 18.7 Å². The van der Waals surface area contributed by atoms with Gasteiger partial charge in [0.2, 0.25) is 5.91 Å². The van der Waals surface area contributed by atoms with Gasteiger partial charge in [0.15, 0.2) is 11.5 Å². The Labute approximate surface area is 140 Å². The first kappa shape index (κ1) is 16.3. The molecule has 0 saturated heterocycles. The van der Waals surface area contributed by atoms with Crippen molar-refractivity contribution in [3.63, 3.8) is 0 Å². The summed E-state index contributed by atoms with van der Waals surface area (Å²) in [5, 5.41) is 2.83. The quantitative estimate of drug-likeness (QED) is 0.916. The molecule has 2 aromatic rings. The number of benzene rings is 2. The predicted molar refractivity (Wildman–Crippen MR) is 88.8 cm³/mol. The minimum absolute atomic E-state index is 0.148. The van der Waals surface area contributed by atoms with Gasteiger partial charge >= 0.3 is 0 Å². The molecule has 0 aliphatic carbocycles. The van der Waals surface area contributed by atoms with Crippen LogP contribution in [0.4, 0.5) is 10.1 Å². The highest BCUT2D eigenvalue weighted by Crippen LogP contribution is 2.32. The topological polar surface area (TPSA) is 50.8 Å². The van der Waals surface area contributed by atoms with E-state index in [0.717, 1.165) is 5.56 Å². The predicted octanol–water partition coefficient (Wildman–Crippen LogP) is 2.67. The van der Waals surface area contributed by atoms with E-state index in [2.05, 4.69) is 5.32 Å². The van der Waals surface area contributed by atoms with Gasteiger partial charge in [-0.2, -0.15) is 0 Å². The summed E-state index contributed by atoms with van der Waals surface area (Å²) in [6.07, 6.45) is 0. The Morgan fingerprint density at radius 2 is 1.96 bits per heavy atom. The van der Waals surface area contributed by atoms with Crippen LogP contribution in [0.15, 0.2) is 42.5 Å². The van der Waals surface area contributed by atoms with Crippen LogP contribution in [-0.2, 0) is 11.3 Å². The van der Waals surface area contributed by atoms with E-state index in [-0.39, 0.29) is 18.3 Å². The molecule has 0 spiro atoms. The van der Waals surface area contributed by atoms with Crippen molar-refractivity contribution in [1.82, 2.24) is 4.90 Å². The number of carbonyl (C=O) groups excluding carboxylic acids is 1. The van der Waals surface area contributed by atoms with Crippen LogP contribution in [-0.4, -0.2) is 37.6 Å². The van der Waals surface area contributed by atoms with E-state index in [9.17, 15) is 9.18 Å². The number of amides is 1. The first-order valence-corrected chi connectivity index (χ1v) is 7.72. The summed E-state index contributed by atoms with van der Waals surface area (Å²) in [6.45, 7) is 1.72. The first-order chi connectivity index (χ1) is 11.6. The molecule has 0 radical (unpaired) electrons. The first-order valence-electron chi connectivity index (χ1n) is 7.72. The Hall–Kier alpha value is -2.60. The Kier molecular flexibility index (Phi) is 4.96. The Morgan fingerprint density at radius 3 is 2.75 bits per heavy atom. The van der Waals surface area contributed by atoms with E-state index < -0.39 is 0 Å². The van der Waals surface area contributed by atoms with Gasteiger partial charge in [0.1, 0.15) is 19.0 Å². The fraction of sp³-hybridized carbons (Fsp3) is 0.278. The summed E-state index contributed by atoms with van der Waals surface area (Å²) in [5.41, 5.74) is 1.48. The molecule has 6 heteroatoms. The molecule has 1 amide bonds. The third-order valence-corrected chi connectivity index (χ3v) is 3.58. The minimum atomic E-state index is -0.276. The number of fused-ring (bicyclic) bond motifs is 1. The zero-order valence-electron chi connectivity index (χ0n) is 13.4. The zero-order valence-corrected chi connectivity index (χ0v) is 13.4. The fourth-order valence-corrected chi connectivity index (χ4v) is 2.57. The third-order valence-electron chi connectivity index (χ3n) is 3.58. The zero-order chi connectivity index (χ0) is 16.9. The minimum Gasteiger partial charge on any atom is -0.486 e. The van der Waals surface area contributed by atoms with Gasteiger partial charge in [-0.1, -0.05) is 12.1 Å². The smallest absolute Gasteiger partial charge is 0.238 e. The second-order valence-corrected chi connectivity index (χ2v) is 5.71. The van der Waals surface area contributed by atoms with Crippen LogP contribution < -0.4 is 14.8 Å². The van der Waals surface area contributed by atoms with Gasteiger partial charge in [-0.25, -0.2) is 4.39 Å². The highest BCUT2D eigenvalue weighted by molar-refractivity contribution is 5.92. The van der Waals surface area contributed by atoms with Gasteiger partial charge in [-0.15, -0.1) is 0 Å². The molecule has 5 nitrogen and oxygen atoms in total. The number of hydrogen-bond acceptors (Lipinski definition) is 4. The maximum Gasteiger partial charge on any atom is 0.238 e. The number of halogens is 1. The molecule has 1 N–H and O–H groups in total. The van der Waals surface area contributed by atoms with Gasteiger partial charge in [0, 0.05) is 18.3 Å². The monoisotopic (exact) mass is 330 g/mol. The van der Waals surface area contributed by atoms with Gasteiger partial charge < -0.3 is 14.8 Å². The number of hydrogen-bond donors (Lipinski definition) is 1. The molecule has 3 rings (SSSR count). The third kappa shape index (κ3) is 4.23. The number of carbonyl (C=O) groups is 1. The van der Waals surface area contributed by atoms with Gasteiger partial charge in [-0.3, -0.25) is 9.69 Å². The van der Waals surface area contributed by atoms with Crippen molar-refractivity contribution in [2.24, 2.45) is 0 Å². The van der Waals surface area contributed by atoms with Crippen molar-refractivity contribution in [1.29, 1.82) is 0 Å². The lowest BCUT2D eigenvalue weighted by atomic mass is 10.2. The molecular formula is C18H19FN2O3. The van der Waals surface area contributed by atoms with E-state index in [0.29, 0.717) is 36.9 Å². The molecule has 1 aliphatic rings. The van der Waals surface area contributed by atoms with Crippen molar-refractivity contribution in [2.45, 2.75) is 6.54 Å². The van der Waals surface area contributed by atoms with Crippen molar-refractivity contribution in [2.75, 3.05) is 32.1 Å². The standard InChI is InChI=1S/C18H19FN2O3/c1-21(11-13-3-2-4-14(19)9-13)12-18(22)20-15-5-6-16-17(10-15)24-8-7-23-16/h2-6,9-10H,7-8,11-12H2,1H3,(H,20,22). The SMILES string of the molecule is CN(CC(=O)Nc1ccc2c(c1)OCCO2)Cc1cccc(F)c1. The summed E-state index contributed by atoms with van der Waals surface area (Å²) >= 11 is 0. The van der Waals surface area contributed by atoms with Crippen molar-refractivity contribution in [3.8, 4) is 11.5 Å². The summed E-state index contributed by atoms with van der Waals surface area (Å²) in [4.78, 5) is 14.0. The van der Waals surface area contributed by atoms with E-state index in [1.54, 1.807) is 24.3 Å². The second-order valence-electron chi connectivity index (χ2n) is 5.71. The second kappa shape index (κ2) is 7.31. The highest BCUT2D eigenvalue weighted by Gasteiger charge is 2.13. The Bertz CT molecular complexity index is 736.